The molecule has 2 heterocycles. The summed E-state index contributed by atoms with van der Waals surface area (Å²) >= 11 is 0. The van der Waals surface area contributed by atoms with E-state index in [4.69, 9.17) is 10.3 Å². The lowest BCUT2D eigenvalue weighted by molar-refractivity contribution is -0.131. The Hall–Kier alpha value is -2.01. The summed E-state index contributed by atoms with van der Waals surface area (Å²) in [5.41, 5.74) is 8.21. The van der Waals surface area contributed by atoms with Gasteiger partial charge in [0.2, 0.25) is 5.91 Å². The number of aromatic nitrogens is 1. The molecule has 1 unspecified atom stereocenters. The molecule has 0 bridgehead atoms. The summed E-state index contributed by atoms with van der Waals surface area (Å²) in [5.74, 6) is 0.909. The van der Waals surface area contributed by atoms with Crippen molar-refractivity contribution < 1.29 is 9.32 Å². The molecule has 0 radical (unpaired) electrons. The molecule has 3 rings (SSSR count). The van der Waals surface area contributed by atoms with Crippen molar-refractivity contribution in [1.82, 2.24) is 10.1 Å². The maximum atomic E-state index is 12.5. The number of nitrogen functional groups attached to an aromatic ring is 1. The standard InChI is InChI=1S/C16H19N3O2.ClH/c1-11-9-15(21-18-11)14-3-2-8-19(14)16(20)10-12-4-6-13(17)7-5-12;/h4-7,9,14H,2-3,8,10,17H2,1H3;1H. The summed E-state index contributed by atoms with van der Waals surface area (Å²) in [6.45, 7) is 2.67. The van der Waals surface area contributed by atoms with E-state index in [9.17, 15) is 4.79 Å². The van der Waals surface area contributed by atoms with E-state index in [1.165, 1.54) is 0 Å². The monoisotopic (exact) mass is 321 g/mol. The molecule has 0 aliphatic carbocycles. The number of halogens is 1. The number of nitrogens with zero attached hydrogens (tertiary/aromatic N) is 2. The maximum Gasteiger partial charge on any atom is 0.227 e. The number of rotatable bonds is 3. The van der Waals surface area contributed by atoms with E-state index >= 15 is 0 Å². The fourth-order valence-electron chi connectivity index (χ4n) is 2.81. The highest BCUT2D eigenvalue weighted by Crippen LogP contribution is 2.32. The second-order valence-electron chi connectivity index (χ2n) is 5.53. The third kappa shape index (κ3) is 3.42. The molecule has 1 aliphatic heterocycles. The van der Waals surface area contributed by atoms with Crippen molar-refractivity contribution in [1.29, 1.82) is 0 Å². The number of anilines is 1. The molecule has 1 fully saturated rings. The number of hydrogen-bond acceptors (Lipinski definition) is 4. The highest BCUT2D eigenvalue weighted by atomic mass is 35.5. The van der Waals surface area contributed by atoms with Crippen molar-refractivity contribution in [3.05, 3.63) is 47.3 Å². The Labute approximate surface area is 135 Å². The van der Waals surface area contributed by atoms with Gasteiger partial charge in [-0.2, -0.15) is 0 Å². The number of carbonyl (C=O) groups excluding carboxylic acids is 1. The maximum absolute atomic E-state index is 12.5. The molecule has 0 saturated carbocycles. The summed E-state index contributed by atoms with van der Waals surface area (Å²) in [6.07, 6.45) is 2.32. The minimum Gasteiger partial charge on any atom is -0.399 e. The first-order chi connectivity index (χ1) is 10.1. The van der Waals surface area contributed by atoms with Gasteiger partial charge in [0, 0.05) is 18.3 Å². The Morgan fingerprint density at radius 1 is 1.41 bits per heavy atom. The predicted molar refractivity (Wildman–Crippen MR) is 86.7 cm³/mol. The van der Waals surface area contributed by atoms with E-state index in [0.29, 0.717) is 12.1 Å². The first kappa shape index (κ1) is 16.4. The molecule has 6 heteroatoms. The van der Waals surface area contributed by atoms with Crippen LogP contribution in [0.2, 0.25) is 0 Å². The van der Waals surface area contributed by atoms with Gasteiger partial charge in [-0.15, -0.1) is 12.4 Å². The van der Waals surface area contributed by atoms with Crippen molar-refractivity contribution >= 4 is 24.0 Å². The molecule has 5 nitrogen and oxygen atoms in total. The fraction of sp³-hybridized carbons (Fsp3) is 0.375. The molecule has 1 amide bonds. The molecular weight excluding hydrogens is 302 g/mol. The van der Waals surface area contributed by atoms with Crippen LogP contribution in [0.15, 0.2) is 34.9 Å². The zero-order valence-corrected chi connectivity index (χ0v) is 13.3. The summed E-state index contributed by atoms with van der Waals surface area (Å²) < 4.78 is 5.33. The summed E-state index contributed by atoms with van der Waals surface area (Å²) in [6, 6.07) is 9.38. The van der Waals surface area contributed by atoms with Crippen LogP contribution in [0.25, 0.3) is 0 Å². The molecule has 22 heavy (non-hydrogen) atoms. The second kappa shape index (κ2) is 6.83. The van der Waals surface area contributed by atoms with Gasteiger partial charge in [0.15, 0.2) is 5.76 Å². The van der Waals surface area contributed by atoms with E-state index in [2.05, 4.69) is 5.16 Å². The van der Waals surface area contributed by atoms with Crippen molar-refractivity contribution in [3.63, 3.8) is 0 Å². The van der Waals surface area contributed by atoms with Crippen molar-refractivity contribution in [3.8, 4) is 0 Å². The SMILES string of the molecule is Cc1cc(C2CCCN2C(=O)Cc2ccc(N)cc2)on1.Cl. The normalized spacial score (nSPS) is 17.3. The lowest BCUT2D eigenvalue weighted by Crippen LogP contribution is -2.31. The summed E-state index contributed by atoms with van der Waals surface area (Å²) in [5, 5.41) is 3.92. The minimum atomic E-state index is 0. The molecular formula is C16H20ClN3O2. The van der Waals surface area contributed by atoms with Crippen molar-refractivity contribution in [2.75, 3.05) is 12.3 Å². The second-order valence-corrected chi connectivity index (χ2v) is 5.53. The molecule has 1 atom stereocenters. The van der Waals surface area contributed by atoms with Gasteiger partial charge < -0.3 is 15.2 Å². The molecule has 0 spiro atoms. The number of likely N-dealkylation sites (tertiary alicyclic amines) is 1. The van der Waals surface area contributed by atoms with E-state index in [-0.39, 0.29) is 24.4 Å². The molecule has 118 valence electrons. The number of aryl methyl sites for hydroxylation is 1. The average molecular weight is 322 g/mol. The molecule has 1 aromatic heterocycles. The van der Waals surface area contributed by atoms with Gasteiger partial charge in [-0.3, -0.25) is 4.79 Å². The summed E-state index contributed by atoms with van der Waals surface area (Å²) in [7, 11) is 0. The van der Waals surface area contributed by atoms with Gasteiger partial charge in [-0.05, 0) is 37.5 Å². The van der Waals surface area contributed by atoms with Gasteiger partial charge in [0.1, 0.15) is 0 Å². The van der Waals surface area contributed by atoms with E-state index in [0.717, 1.165) is 36.4 Å². The van der Waals surface area contributed by atoms with Crippen LogP contribution >= 0.6 is 12.4 Å². The van der Waals surface area contributed by atoms with E-state index < -0.39 is 0 Å². The Morgan fingerprint density at radius 3 is 2.77 bits per heavy atom. The van der Waals surface area contributed by atoms with Crippen molar-refractivity contribution in [2.45, 2.75) is 32.2 Å². The van der Waals surface area contributed by atoms with Crippen LogP contribution in [-0.2, 0) is 11.2 Å². The lowest BCUT2D eigenvalue weighted by atomic mass is 10.1. The first-order valence-corrected chi connectivity index (χ1v) is 7.20. The van der Waals surface area contributed by atoms with Crippen LogP contribution in [0, 0.1) is 6.92 Å². The first-order valence-electron chi connectivity index (χ1n) is 7.20. The zero-order valence-electron chi connectivity index (χ0n) is 12.5. The van der Waals surface area contributed by atoms with Crippen LogP contribution in [0.1, 0.15) is 35.9 Å². The van der Waals surface area contributed by atoms with Gasteiger partial charge >= 0.3 is 0 Å². The molecule has 2 N–H and O–H groups in total. The molecule has 1 aromatic carbocycles. The number of carbonyl (C=O) groups is 1. The van der Waals surface area contributed by atoms with Gasteiger partial charge in [-0.25, -0.2) is 0 Å². The minimum absolute atomic E-state index is 0. The number of hydrogen-bond donors (Lipinski definition) is 1. The average Bonchev–Trinajstić information content (AvgIpc) is 3.09. The Bertz CT molecular complexity index is 639. The molecule has 1 saturated heterocycles. The summed E-state index contributed by atoms with van der Waals surface area (Å²) in [4.78, 5) is 14.4. The smallest absolute Gasteiger partial charge is 0.227 e. The largest absolute Gasteiger partial charge is 0.399 e. The van der Waals surface area contributed by atoms with Crippen molar-refractivity contribution in [2.24, 2.45) is 0 Å². The van der Waals surface area contributed by atoms with Crippen LogP contribution in [0.5, 0.6) is 0 Å². The highest BCUT2D eigenvalue weighted by Gasteiger charge is 2.32. The van der Waals surface area contributed by atoms with Gasteiger partial charge in [-0.1, -0.05) is 17.3 Å². The van der Waals surface area contributed by atoms with Crippen LogP contribution in [-0.4, -0.2) is 22.5 Å². The van der Waals surface area contributed by atoms with Crippen LogP contribution < -0.4 is 5.73 Å². The molecule has 2 aromatic rings. The fourth-order valence-corrected chi connectivity index (χ4v) is 2.81. The number of nitrogens with two attached hydrogens (primary N) is 1. The lowest BCUT2D eigenvalue weighted by Gasteiger charge is -2.22. The Kier molecular flexibility index (Phi) is 5.08. The quantitative estimate of drug-likeness (QED) is 0.882. The zero-order chi connectivity index (χ0) is 14.8. The number of amides is 1. The third-order valence-corrected chi connectivity index (χ3v) is 3.88. The number of benzene rings is 1. The van der Waals surface area contributed by atoms with Gasteiger partial charge in [0.25, 0.3) is 0 Å². The van der Waals surface area contributed by atoms with Gasteiger partial charge in [0.05, 0.1) is 18.2 Å². The Morgan fingerprint density at radius 2 is 2.14 bits per heavy atom. The topological polar surface area (TPSA) is 72.4 Å². The molecule has 1 aliphatic rings. The third-order valence-electron chi connectivity index (χ3n) is 3.88. The van der Waals surface area contributed by atoms with Crippen LogP contribution in [0.4, 0.5) is 5.69 Å². The van der Waals surface area contributed by atoms with E-state index in [1.807, 2.05) is 42.2 Å². The predicted octanol–water partition coefficient (Wildman–Crippen LogP) is 2.89. The Balaban J connectivity index is 0.00000176. The van der Waals surface area contributed by atoms with Crippen LogP contribution in [0.3, 0.4) is 0 Å². The highest BCUT2D eigenvalue weighted by molar-refractivity contribution is 5.85. The van der Waals surface area contributed by atoms with E-state index in [1.54, 1.807) is 0 Å².